The second kappa shape index (κ2) is 6.61. The number of hydrogen-bond acceptors (Lipinski definition) is 3. The van der Waals surface area contributed by atoms with Crippen molar-refractivity contribution in [2.45, 2.75) is 24.4 Å². The summed E-state index contributed by atoms with van der Waals surface area (Å²) in [6, 6.07) is 9.13. The zero-order valence-electron chi connectivity index (χ0n) is 10.8. The Balaban J connectivity index is 1.89. The van der Waals surface area contributed by atoms with Crippen LogP contribution in [0.25, 0.3) is 0 Å². The normalized spacial score (nSPS) is 12.6. The van der Waals surface area contributed by atoms with Gasteiger partial charge < -0.3 is 9.88 Å². The van der Waals surface area contributed by atoms with Crippen LogP contribution in [0, 0.1) is 0 Å². The molecule has 0 bridgehead atoms. The summed E-state index contributed by atoms with van der Waals surface area (Å²) in [5, 5.41) is 3.27. The minimum Gasteiger partial charge on any atom is -0.337 e. The van der Waals surface area contributed by atoms with E-state index in [1.807, 2.05) is 37.5 Å². The molecule has 0 aliphatic heterocycles. The van der Waals surface area contributed by atoms with Crippen molar-refractivity contribution in [1.82, 2.24) is 14.9 Å². The zero-order valence-corrected chi connectivity index (χ0v) is 11.7. The van der Waals surface area contributed by atoms with Gasteiger partial charge in [-0.2, -0.15) is 0 Å². The smallest absolute Gasteiger partial charge is 0.0946 e. The van der Waals surface area contributed by atoms with Gasteiger partial charge in [-0.1, -0.05) is 12.1 Å². The number of imidazole rings is 1. The molecule has 1 unspecified atom stereocenters. The molecular formula is C14H19N3S. The van der Waals surface area contributed by atoms with Crippen LogP contribution >= 0.6 is 11.8 Å². The average Bonchev–Trinajstić information content (AvgIpc) is 2.91. The third-order valence-corrected chi connectivity index (χ3v) is 3.94. The summed E-state index contributed by atoms with van der Waals surface area (Å²) in [6.07, 6.45) is 5.68. The van der Waals surface area contributed by atoms with Crippen LogP contribution in [0.15, 0.2) is 47.9 Å². The molecule has 0 fully saturated rings. The van der Waals surface area contributed by atoms with Gasteiger partial charge in [0.15, 0.2) is 0 Å². The fourth-order valence-corrected chi connectivity index (χ4v) is 2.66. The lowest BCUT2D eigenvalue weighted by Gasteiger charge is -2.11. The van der Waals surface area contributed by atoms with Gasteiger partial charge in [0, 0.05) is 35.6 Å². The molecule has 0 aliphatic rings. The molecule has 0 saturated heterocycles. The summed E-state index contributed by atoms with van der Waals surface area (Å²) in [6.45, 7) is 3.17. The van der Waals surface area contributed by atoms with E-state index < -0.39 is 0 Å². The Bertz CT molecular complexity index is 468. The SMILES string of the molecule is CNC(C)c1cccc(SCCn2ccnc2)c1. The Labute approximate surface area is 113 Å². The molecule has 1 heterocycles. The van der Waals surface area contributed by atoms with Gasteiger partial charge in [0.25, 0.3) is 0 Å². The molecule has 0 aliphatic carbocycles. The summed E-state index contributed by atoms with van der Waals surface area (Å²) in [4.78, 5) is 5.37. The highest BCUT2D eigenvalue weighted by molar-refractivity contribution is 7.99. The zero-order chi connectivity index (χ0) is 12.8. The highest BCUT2D eigenvalue weighted by Gasteiger charge is 2.03. The lowest BCUT2D eigenvalue weighted by atomic mass is 10.1. The Kier molecular flexibility index (Phi) is 4.84. The van der Waals surface area contributed by atoms with Gasteiger partial charge in [-0.15, -0.1) is 11.8 Å². The molecule has 1 N–H and O–H groups in total. The minimum atomic E-state index is 0.402. The van der Waals surface area contributed by atoms with Crippen LogP contribution in [0.4, 0.5) is 0 Å². The lowest BCUT2D eigenvalue weighted by Crippen LogP contribution is -2.12. The standard InChI is InChI=1S/C14H19N3S/c1-12(15-2)13-4-3-5-14(10-13)18-9-8-17-7-6-16-11-17/h3-7,10-12,15H,8-9H2,1-2H3. The molecule has 0 radical (unpaired) electrons. The molecule has 2 aromatic rings. The quantitative estimate of drug-likeness (QED) is 0.811. The molecule has 4 heteroatoms. The second-order valence-electron chi connectivity index (χ2n) is 4.23. The molecule has 1 aromatic carbocycles. The molecule has 1 aromatic heterocycles. The maximum absolute atomic E-state index is 4.04. The first-order valence-electron chi connectivity index (χ1n) is 6.15. The van der Waals surface area contributed by atoms with Crippen molar-refractivity contribution in [2.75, 3.05) is 12.8 Å². The fraction of sp³-hybridized carbons (Fsp3) is 0.357. The van der Waals surface area contributed by atoms with Crippen LogP contribution in [0.3, 0.4) is 0 Å². The summed E-state index contributed by atoms with van der Waals surface area (Å²) < 4.78 is 2.10. The van der Waals surface area contributed by atoms with Crippen molar-refractivity contribution in [3.05, 3.63) is 48.5 Å². The van der Waals surface area contributed by atoms with Crippen molar-refractivity contribution in [3.8, 4) is 0 Å². The van der Waals surface area contributed by atoms with E-state index in [9.17, 15) is 0 Å². The average molecular weight is 261 g/mol. The third kappa shape index (κ3) is 3.62. The Morgan fingerprint density at radius 1 is 1.44 bits per heavy atom. The van der Waals surface area contributed by atoms with Gasteiger partial charge in [0.2, 0.25) is 0 Å². The fourth-order valence-electron chi connectivity index (χ4n) is 1.73. The van der Waals surface area contributed by atoms with Crippen molar-refractivity contribution in [2.24, 2.45) is 0 Å². The predicted octanol–water partition coefficient (Wildman–Crippen LogP) is 2.96. The summed E-state index contributed by atoms with van der Waals surface area (Å²) in [5.41, 5.74) is 1.34. The van der Waals surface area contributed by atoms with Gasteiger partial charge in [-0.3, -0.25) is 0 Å². The van der Waals surface area contributed by atoms with E-state index in [2.05, 4.69) is 46.1 Å². The maximum atomic E-state index is 4.04. The molecule has 2 rings (SSSR count). The van der Waals surface area contributed by atoms with E-state index >= 15 is 0 Å². The Morgan fingerprint density at radius 2 is 2.33 bits per heavy atom. The first-order valence-corrected chi connectivity index (χ1v) is 7.14. The third-order valence-electron chi connectivity index (χ3n) is 2.97. The number of rotatable bonds is 6. The lowest BCUT2D eigenvalue weighted by molar-refractivity contribution is 0.651. The molecule has 0 spiro atoms. The van der Waals surface area contributed by atoms with Crippen LogP contribution < -0.4 is 5.32 Å². The summed E-state index contributed by atoms with van der Waals surface area (Å²) >= 11 is 1.88. The molecule has 0 saturated carbocycles. The first kappa shape index (κ1) is 13.2. The number of nitrogens with zero attached hydrogens (tertiary/aromatic N) is 2. The number of benzene rings is 1. The van der Waals surface area contributed by atoms with Crippen molar-refractivity contribution < 1.29 is 0 Å². The predicted molar refractivity (Wildman–Crippen MR) is 76.9 cm³/mol. The van der Waals surface area contributed by atoms with Crippen LogP contribution in [-0.2, 0) is 6.54 Å². The molecule has 96 valence electrons. The number of aryl methyl sites for hydroxylation is 1. The molecule has 0 amide bonds. The topological polar surface area (TPSA) is 29.9 Å². The van der Waals surface area contributed by atoms with E-state index in [1.165, 1.54) is 10.5 Å². The van der Waals surface area contributed by atoms with Gasteiger partial charge in [0.1, 0.15) is 0 Å². The van der Waals surface area contributed by atoms with E-state index in [1.54, 1.807) is 0 Å². The number of thioether (sulfide) groups is 1. The molecule has 3 nitrogen and oxygen atoms in total. The Hall–Kier alpha value is -1.26. The molecule has 18 heavy (non-hydrogen) atoms. The van der Waals surface area contributed by atoms with Crippen LogP contribution in [0.1, 0.15) is 18.5 Å². The number of hydrogen-bond donors (Lipinski definition) is 1. The van der Waals surface area contributed by atoms with Gasteiger partial charge in [0.05, 0.1) is 6.33 Å². The van der Waals surface area contributed by atoms with Crippen molar-refractivity contribution in [3.63, 3.8) is 0 Å². The maximum Gasteiger partial charge on any atom is 0.0946 e. The summed E-state index contributed by atoms with van der Waals surface area (Å²) in [5.74, 6) is 1.06. The van der Waals surface area contributed by atoms with E-state index in [4.69, 9.17) is 0 Å². The number of aromatic nitrogens is 2. The highest BCUT2D eigenvalue weighted by atomic mass is 32.2. The van der Waals surface area contributed by atoms with Gasteiger partial charge in [-0.25, -0.2) is 4.98 Å². The van der Waals surface area contributed by atoms with Crippen LogP contribution in [0.2, 0.25) is 0 Å². The molecular weight excluding hydrogens is 242 g/mol. The van der Waals surface area contributed by atoms with Gasteiger partial charge >= 0.3 is 0 Å². The monoisotopic (exact) mass is 261 g/mol. The van der Waals surface area contributed by atoms with E-state index in [0.717, 1.165) is 12.3 Å². The first-order chi connectivity index (χ1) is 8.79. The van der Waals surface area contributed by atoms with Crippen molar-refractivity contribution in [1.29, 1.82) is 0 Å². The highest BCUT2D eigenvalue weighted by Crippen LogP contribution is 2.22. The summed E-state index contributed by atoms with van der Waals surface area (Å²) in [7, 11) is 1.99. The van der Waals surface area contributed by atoms with E-state index in [0.29, 0.717) is 6.04 Å². The number of nitrogens with one attached hydrogen (secondary N) is 1. The van der Waals surface area contributed by atoms with Crippen LogP contribution in [-0.4, -0.2) is 22.4 Å². The van der Waals surface area contributed by atoms with Gasteiger partial charge in [-0.05, 0) is 31.7 Å². The largest absolute Gasteiger partial charge is 0.337 e. The van der Waals surface area contributed by atoms with Crippen LogP contribution in [0.5, 0.6) is 0 Å². The van der Waals surface area contributed by atoms with E-state index in [-0.39, 0.29) is 0 Å². The van der Waals surface area contributed by atoms with Crippen molar-refractivity contribution >= 4 is 11.8 Å². The minimum absolute atomic E-state index is 0.402. The molecule has 1 atom stereocenters. The Morgan fingerprint density at radius 3 is 3.06 bits per heavy atom. The second-order valence-corrected chi connectivity index (χ2v) is 5.40.